The molecule has 0 spiro atoms. The van der Waals surface area contributed by atoms with Gasteiger partial charge in [0.25, 0.3) is 0 Å². The van der Waals surface area contributed by atoms with Gasteiger partial charge in [-0.2, -0.15) is 0 Å². The third-order valence-corrected chi connectivity index (χ3v) is 2.51. The summed E-state index contributed by atoms with van der Waals surface area (Å²) in [6.07, 6.45) is 0. The number of methoxy groups -OCH3 is 1. The number of nitrogens with zero attached hydrogens (tertiary/aromatic N) is 2. The van der Waals surface area contributed by atoms with E-state index in [2.05, 4.69) is 43.2 Å². The van der Waals surface area contributed by atoms with Crippen LogP contribution in [0.3, 0.4) is 0 Å². The summed E-state index contributed by atoms with van der Waals surface area (Å²) in [5.74, 6) is 0. The first kappa shape index (κ1) is 14.8. The van der Waals surface area contributed by atoms with Crippen molar-refractivity contribution in [2.45, 2.75) is 13.0 Å². The molecule has 0 heterocycles. The molecule has 0 amide bonds. The van der Waals surface area contributed by atoms with E-state index < -0.39 is 0 Å². The number of likely N-dealkylation sites (N-methyl/N-ethyl adjacent to an activating group) is 3. The Labute approximate surface area is 94.6 Å². The normalized spacial score (nSPS) is 13.8. The molecule has 0 rings (SSSR count). The standard InChI is InChI=1S/C11H27N3O/c1-6-12-9-11(10-15-5)14(4)8-7-13(2)3/h11-12H,6-10H2,1-5H3. The zero-order valence-electron chi connectivity index (χ0n) is 10.9. The molecule has 4 nitrogen and oxygen atoms in total. The smallest absolute Gasteiger partial charge is 0.0630 e. The summed E-state index contributed by atoms with van der Waals surface area (Å²) in [6.45, 7) is 7.09. The molecule has 0 aromatic carbocycles. The van der Waals surface area contributed by atoms with Crippen LogP contribution in [-0.4, -0.2) is 76.9 Å². The fourth-order valence-corrected chi connectivity index (χ4v) is 1.39. The second-order valence-corrected chi connectivity index (χ2v) is 4.20. The summed E-state index contributed by atoms with van der Waals surface area (Å²) in [5.41, 5.74) is 0. The van der Waals surface area contributed by atoms with Gasteiger partial charge in [0, 0.05) is 32.8 Å². The van der Waals surface area contributed by atoms with E-state index in [0.717, 1.165) is 32.8 Å². The summed E-state index contributed by atoms with van der Waals surface area (Å²) >= 11 is 0. The van der Waals surface area contributed by atoms with Crippen molar-refractivity contribution in [2.24, 2.45) is 0 Å². The molecule has 0 aromatic rings. The lowest BCUT2D eigenvalue weighted by molar-refractivity contribution is 0.101. The predicted octanol–water partition coefficient (Wildman–Crippen LogP) is 0.104. The molecule has 0 aliphatic carbocycles. The number of rotatable bonds is 9. The van der Waals surface area contributed by atoms with E-state index in [-0.39, 0.29) is 0 Å². The molecular formula is C11H27N3O. The van der Waals surface area contributed by atoms with Gasteiger partial charge in [0.2, 0.25) is 0 Å². The van der Waals surface area contributed by atoms with Crippen molar-refractivity contribution in [3.8, 4) is 0 Å². The predicted molar refractivity (Wildman–Crippen MR) is 65.4 cm³/mol. The van der Waals surface area contributed by atoms with Gasteiger partial charge in [-0.3, -0.25) is 4.90 Å². The van der Waals surface area contributed by atoms with Crippen LogP contribution in [0.2, 0.25) is 0 Å². The third kappa shape index (κ3) is 7.73. The van der Waals surface area contributed by atoms with Crippen molar-refractivity contribution in [1.82, 2.24) is 15.1 Å². The quantitative estimate of drug-likeness (QED) is 0.593. The number of hydrogen-bond acceptors (Lipinski definition) is 4. The van der Waals surface area contributed by atoms with Crippen LogP contribution in [0.1, 0.15) is 6.92 Å². The molecule has 1 unspecified atom stereocenters. The third-order valence-electron chi connectivity index (χ3n) is 2.51. The van der Waals surface area contributed by atoms with Crippen LogP contribution >= 0.6 is 0 Å². The summed E-state index contributed by atoms with van der Waals surface area (Å²) < 4.78 is 5.23. The Balaban J connectivity index is 3.86. The van der Waals surface area contributed by atoms with Crippen molar-refractivity contribution in [1.29, 1.82) is 0 Å². The van der Waals surface area contributed by atoms with Crippen LogP contribution in [0.25, 0.3) is 0 Å². The van der Waals surface area contributed by atoms with Gasteiger partial charge >= 0.3 is 0 Å². The van der Waals surface area contributed by atoms with Gasteiger partial charge in [0.1, 0.15) is 0 Å². The number of nitrogens with one attached hydrogen (secondary N) is 1. The summed E-state index contributed by atoms with van der Waals surface area (Å²) in [5, 5.41) is 3.37. The fraction of sp³-hybridized carbons (Fsp3) is 1.00. The highest BCUT2D eigenvalue weighted by molar-refractivity contribution is 4.71. The Hall–Kier alpha value is -0.160. The minimum Gasteiger partial charge on any atom is -0.383 e. The van der Waals surface area contributed by atoms with E-state index in [1.54, 1.807) is 7.11 Å². The molecule has 0 radical (unpaired) electrons. The maximum absolute atomic E-state index is 5.23. The van der Waals surface area contributed by atoms with Gasteiger partial charge < -0.3 is 15.0 Å². The fourth-order valence-electron chi connectivity index (χ4n) is 1.39. The van der Waals surface area contributed by atoms with Crippen molar-refractivity contribution in [2.75, 3.05) is 61.0 Å². The zero-order valence-corrected chi connectivity index (χ0v) is 10.9. The van der Waals surface area contributed by atoms with Crippen molar-refractivity contribution in [3.63, 3.8) is 0 Å². The van der Waals surface area contributed by atoms with Crippen molar-refractivity contribution < 1.29 is 4.74 Å². The first-order valence-corrected chi connectivity index (χ1v) is 5.66. The summed E-state index contributed by atoms with van der Waals surface area (Å²) in [7, 11) is 8.12. The second kappa shape index (κ2) is 9.09. The summed E-state index contributed by atoms with van der Waals surface area (Å²) in [6, 6.07) is 0.467. The van der Waals surface area contributed by atoms with Gasteiger partial charge in [-0.25, -0.2) is 0 Å². The van der Waals surface area contributed by atoms with E-state index in [1.807, 2.05) is 0 Å². The first-order chi connectivity index (χ1) is 7.11. The molecule has 92 valence electrons. The second-order valence-electron chi connectivity index (χ2n) is 4.20. The lowest BCUT2D eigenvalue weighted by atomic mass is 10.2. The average molecular weight is 217 g/mol. The Morgan fingerprint density at radius 2 is 1.87 bits per heavy atom. The molecule has 15 heavy (non-hydrogen) atoms. The highest BCUT2D eigenvalue weighted by atomic mass is 16.5. The van der Waals surface area contributed by atoms with Crippen LogP contribution in [0.4, 0.5) is 0 Å². The highest BCUT2D eigenvalue weighted by Gasteiger charge is 2.13. The molecule has 1 atom stereocenters. The Kier molecular flexibility index (Phi) is 9.00. The van der Waals surface area contributed by atoms with Crippen molar-refractivity contribution >= 4 is 0 Å². The van der Waals surface area contributed by atoms with E-state index in [4.69, 9.17) is 4.74 Å². The molecule has 0 bridgehead atoms. The van der Waals surface area contributed by atoms with E-state index >= 15 is 0 Å². The summed E-state index contributed by atoms with van der Waals surface area (Å²) in [4.78, 5) is 4.56. The largest absolute Gasteiger partial charge is 0.383 e. The lowest BCUT2D eigenvalue weighted by Gasteiger charge is -2.28. The molecule has 0 aliphatic rings. The minimum atomic E-state index is 0.467. The topological polar surface area (TPSA) is 27.7 Å². The molecule has 0 aromatic heterocycles. The van der Waals surface area contributed by atoms with Gasteiger partial charge in [0.05, 0.1) is 6.61 Å². The van der Waals surface area contributed by atoms with E-state index in [1.165, 1.54) is 0 Å². The molecule has 0 saturated heterocycles. The van der Waals surface area contributed by atoms with Crippen LogP contribution in [-0.2, 0) is 4.74 Å². The zero-order chi connectivity index (χ0) is 11.7. The SMILES string of the molecule is CCNCC(COC)N(C)CCN(C)C. The molecule has 0 fully saturated rings. The van der Waals surface area contributed by atoms with Gasteiger partial charge in [-0.05, 0) is 27.7 Å². The van der Waals surface area contributed by atoms with Gasteiger partial charge in [0.15, 0.2) is 0 Å². The van der Waals surface area contributed by atoms with Crippen LogP contribution in [0.5, 0.6) is 0 Å². The van der Waals surface area contributed by atoms with Crippen LogP contribution in [0.15, 0.2) is 0 Å². The monoisotopic (exact) mass is 217 g/mol. The molecule has 4 heteroatoms. The van der Waals surface area contributed by atoms with E-state index in [0.29, 0.717) is 6.04 Å². The molecule has 1 N–H and O–H groups in total. The van der Waals surface area contributed by atoms with Crippen LogP contribution < -0.4 is 5.32 Å². The van der Waals surface area contributed by atoms with E-state index in [9.17, 15) is 0 Å². The van der Waals surface area contributed by atoms with Gasteiger partial charge in [-0.1, -0.05) is 6.92 Å². The lowest BCUT2D eigenvalue weighted by Crippen LogP contribution is -2.45. The van der Waals surface area contributed by atoms with Gasteiger partial charge in [-0.15, -0.1) is 0 Å². The number of ether oxygens (including phenoxy) is 1. The first-order valence-electron chi connectivity index (χ1n) is 5.66. The highest BCUT2D eigenvalue weighted by Crippen LogP contribution is 1.96. The minimum absolute atomic E-state index is 0.467. The Morgan fingerprint density at radius 3 is 2.33 bits per heavy atom. The average Bonchev–Trinajstić information content (AvgIpc) is 2.20. The molecule has 0 saturated carbocycles. The molecule has 0 aliphatic heterocycles. The van der Waals surface area contributed by atoms with Crippen LogP contribution in [0, 0.1) is 0 Å². The Bertz CT molecular complexity index is 142. The van der Waals surface area contributed by atoms with Crippen molar-refractivity contribution in [3.05, 3.63) is 0 Å². The molecular weight excluding hydrogens is 190 g/mol. The number of hydrogen-bond donors (Lipinski definition) is 1. The maximum atomic E-state index is 5.23. The Morgan fingerprint density at radius 1 is 1.20 bits per heavy atom. The maximum Gasteiger partial charge on any atom is 0.0630 e.